The Morgan fingerprint density at radius 2 is 1.82 bits per heavy atom. The van der Waals surface area contributed by atoms with Gasteiger partial charge in [-0.15, -0.1) is 0 Å². The summed E-state index contributed by atoms with van der Waals surface area (Å²) in [5.41, 5.74) is 5.16. The van der Waals surface area contributed by atoms with E-state index in [0.717, 1.165) is 56.6 Å². The van der Waals surface area contributed by atoms with Crippen LogP contribution in [0.1, 0.15) is 49.3 Å². The average Bonchev–Trinajstić information content (AvgIpc) is 3.66. The molecular weight excluding hydrogens is 428 g/mol. The molecule has 1 saturated carbocycles. The molecule has 7 rings (SSSR count). The lowest BCUT2D eigenvalue weighted by atomic mass is 9.76. The lowest BCUT2D eigenvalue weighted by molar-refractivity contribution is -0.0347. The first-order valence-corrected chi connectivity index (χ1v) is 12.7. The highest BCUT2D eigenvalue weighted by Crippen LogP contribution is 2.61. The van der Waals surface area contributed by atoms with Crippen molar-refractivity contribution in [3.05, 3.63) is 53.6 Å². The van der Waals surface area contributed by atoms with Gasteiger partial charge in [0, 0.05) is 13.7 Å². The molecule has 4 fully saturated rings. The monoisotopic (exact) mass is 462 g/mol. The molecule has 1 unspecified atom stereocenters. The standard InChI is InChI=1S/C28H34N2O4/c1-32-18-33-23-5-2-19(3-6-23)21-4-7-24-22(16-21)8-11-28(12-13-28)26(24)29-27(31)34-25-17-30-14-9-20(25)10-15-30/h2-7,16,20,25-26H,8-15,17-18H2,1H3,(H,29,31)/t25-,26?/m1/s1. The Bertz CT molecular complexity index is 1040. The molecule has 1 amide bonds. The van der Waals surface area contributed by atoms with Crippen molar-refractivity contribution in [2.45, 2.75) is 50.7 Å². The number of carbonyl (C=O) groups is 1. The molecule has 3 heterocycles. The van der Waals surface area contributed by atoms with E-state index in [1.54, 1.807) is 7.11 Å². The highest BCUT2D eigenvalue weighted by Gasteiger charge is 2.53. The number of carbonyl (C=O) groups excluding carboxylic acids is 1. The fraction of sp³-hybridized carbons (Fsp3) is 0.536. The van der Waals surface area contributed by atoms with Gasteiger partial charge in [0.05, 0.1) is 6.04 Å². The summed E-state index contributed by atoms with van der Waals surface area (Å²) < 4.78 is 16.5. The fourth-order valence-corrected chi connectivity index (χ4v) is 6.28. The molecule has 2 atom stereocenters. The Labute approximate surface area is 201 Å². The molecule has 2 aromatic rings. The lowest BCUT2D eigenvalue weighted by Crippen LogP contribution is -2.53. The maximum Gasteiger partial charge on any atom is 0.407 e. The normalized spacial score (nSPS) is 28.3. The van der Waals surface area contributed by atoms with Crippen LogP contribution in [0, 0.1) is 11.3 Å². The average molecular weight is 463 g/mol. The van der Waals surface area contributed by atoms with Crippen molar-refractivity contribution in [1.82, 2.24) is 10.2 Å². The topological polar surface area (TPSA) is 60.0 Å². The number of nitrogens with zero attached hydrogens (tertiary/aromatic N) is 1. The lowest BCUT2D eigenvalue weighted by Gasteiger charge is -2.44. The predicted octanol–water partition coefficient (Wildman–Crippen LogP) is 4.92. The Hall–Kier alpha value is -2.57. The van der Waals surface area contributed by atoms with E-state index in [-0.39, 0.29) is 30.4 Å². The first kappa shape index (κ1) is 21.9. The molecule has 1 spiro atoms. The first-order valence-electron chi connectivity index (χ1n) is 12.7. The zero-order valence-corrected chi connectivity index (χ0v) is 19.9. The van der Waals surface area contributed by atoms with Gasteiger partial charge < -0.3 is 19.5 Å². The van der Waals surface area contributed by atoms with Crippen LogP contribution in [0.5, 0.6) is 5.75 Å². The zero-order chi connectivity index (χ0) is 23.1. The van der Waals surface area contributed by atoms with E-state index < -0.39 is 0 Å². The minimum absolute atomic E-state index is 0.0407. The molecule has 34 heavy (non-hydrogen) atoms. The number of nitrogens with one attached hydrogen (secondary N) is 1. The van der Waals surface area contributed by atoms with Crippen LogP contribution >= 0.6 is 0 Å². The van der Waals surface area contributed by atoms with Crippen molar-refractivity contribution in [2.75, 3.05) is 33.5 Å². The maximum atomic E-state index is 13.0. The van der Waals surface area contributed by atoms with Crippen LogP contribution in [0.3, 0.4) is 0 Å². The van der Waals surface area contributed by atoms with E-state index in [9.17, 15) is 4.79 Å². The van der Waals surface area contributed by atoms with Crippen LogP contribution in [-0.4, -0.2) is 50.6 Å². The molecule has 6 heteroatoms. The van der Waals surface area contributed by atoms with Gasteiger partial charge in [0.25, 0.3) is 0 Å². The molecule has 180 valence electrons. The van der Waals surface area contributed by atoms with E-state index >= 15 is 0 Å². The van der Waals surface area contributed by atoms with Crippen molar-refractivity contribution in [3.63, 3.8) is 0 Å². The maximum absolute atomic E-state index is 13.0. The molecule has 1 N–H and O–H groups in total. The Kier molecular flexibility index (Phi) is 5.74. The number of benzene rings is 2. The SMILES string of the molecule is COCOc1ccc(-c2ccc3c(c2)CCC2(CC2)C3NC(=O)O[C@@H]2CN3CCC2CC3)cc1. The van der Waals surface area contributed by atoms with Gasteiger partial charge in [-0.25, -0.2) is 4.79 Å². The minimum atomic E-state index is -0.237. The molecule has 6 nitrogen and oxygen atoms in total. The smallest absolute Gasteiger partial charge is 0.407 e. The molecule has 3 saturated heterocycles. The Morgan fingerprint density at radius 3 is 2.50 bits per heavy atom. The van der Waals surface area contributed by atoms with E-state index in [1.165, 1.54) is 29.5 Å². The number of rotatable bonds is 6. The summed E-state index contributed by atoms with van der Waals surface area (Å²) in [6.45, 7) is 3.44. The molecule has 5 aliphatic rings. The first-order chi connectivity index (χ1) is 16.6. The highest BCUT2D eigenvalue weighted by molar-refractivity contribution is 5.70. The highest BCUT2D eigenvalue weighted by atomic mass is 16.7. The molecule has 2 aromatic carbocycles. The van der Waals surface area contributed by atoms with Gasteiger partial charge in [0.2, 0.25) is 0 Å². The summed E-state index contributed by atoms with van der Waals surface area (Å²) in [6, 6.07) is 14.9. The van der Waals surface area contributed by atoms with Crippen molar-refractivity contribution >= 4 is 6.09 Å². The molecule has 2 aliphatic carbocycles. The molecule has 0 radical (unpaired) electrons. The van der Waals surface area contributed by atoms with Gasteiger partial charge in [-0.3, -0.25) is 4.90 Å². The summed E-state index contributed by atoms with van der Waals surface area (Å²) in [4.78, 5) is 15.4. The van der Waals surface area contributed by atoms with E-state index in [2.05, 4.69) is 40.5 Å². The van der Waals surface area contributed by atoms with Crippen molar-refractivity contribution in [3.8, 4) is 16.9 Å². The van der Waals surface area contributed by atoms with Gasteiger partial charge in [0.15, 0.2) is 6.79 Å². The predicted molar refractivity (Wildman–Crippen MR) is 130 cm³/mol. The van der Waals surface area contributed by atoms with Gasteiger partial charge in [-0.1, -0.05) is 30.3 Å². The Balaban J connectivity index is 1.18. The number of ether oxygens (including phenoxy) is 3. The Morgan fingerprint density at radius 1 is 1.06 bits per heavy atom. The van der Waals surface area contributed by atoms with E-state index in [1.807, 2.05) is 12.1 Å². The second-order valence-corrected chi connectivity index (χ2v) is 10.5. The third kappa shape index (κ3) is 4.18. The van der Waals surface area contributed by atoms with Crippen LogP contribution < -0.4 is 10.1 Å². The summed E-state index contributed by atoms with van der Waals surface area (Å²) >= 11 is 0. The third-order valence-electron chi connectivity index (χ3n) is 8.50. The summed E-state index contributed by atoms with van der Waals surface area (Å²) in [5, 5.41) is 3.31. The van der Waals surface area contributed by atoms with Gasteiger partial charge in [0.1, 0.15) is 11.9 Å². The van der Waals surface area contributed by atoms with Gasteiger partial charge >= 0.3 is 6.09 Å². The van der Waals surface area contributed by atoms with Crippen LogP contribution in [0.4, 0.5) is 4.79 Å². The van der Waals surface area contributed by atoms with Crippen LogP contribution in [0.25, 0.3) is 11.1 Å². The number of amides is 1. The number of fused-ring (bicyclic) bond motifs is 4. The van der Waals surface area contributed by atoms with Crippen LogP contribution in [-0.2, 0) is 15.9 Å². The molecule has 3 aliphatic heterocycles. The summed E-state index contributed by atoms with van der Waals surface area (Å²) in [6.07, 6.45) is 6.65. The number of hydrogen-bond donors (Lipinski definition) is 1. The van der Waals surface area contributed by atoms with Gasteiger partial charge in [-0.05, 0) is 97.3 Å². The quantitative estimate of drug-likeness (QED) is 0.617. The van der Waals surface area contributed by atoms with Crippen molar-refractivity contribution in [2.24, 2.45) is 11.3 Å². The van der Waals surface area contributed by atoms with E-state index in [0.29, 0.717) is 5.92 Å². The number of alkyl carbamates (subject to hydrolysis) is 1. The molecular formula is C28H34N2O4. The number of methoxy groups -OCH3 is 1. The second-order valence-electron chi connectivity index (χ2n) is 10.5. The number of piperidine rings is 3. The second kappa shape index (κ2) is 8.90. The summed E-state index contributed by atoms with van der Waals surface area (Å²) in [7, 11) is 1.62. The third-order valence-corrected chi connectivity index (χ3v) is 8.50. The zero-order valence-electron chi connectivity index (χ0n) is 19.9. The summed E-state index contributed by atoms with van der Waals surface area (Å²) in [5.74, 6) is 1.32. The van der Waals surface area contributed by atoms with Crippen LogP contribution in [0.15, 0.2) is 42.5 Å². The van der Waals surface area contributed by atoms with Crippen molar-refractivity contribution < 1.29 is 19.0 Å². The minimum Gasteiger partial charge on any atom is -0.468 e. The van der Waals surface area contributed by atoms with Crippen LogP contribution in [0.2, 0.25) is 0 Å². The molecule has 0 aromatic heterocycles. The van der Waals surface area contributed by atoms with Crippen molar-refractivity contribution in [1.29, 1.82) is 0 Å². The largest absolute Gasteiger partial charge is 0.468 e. The molecule has 2 bridgehead atoms. The number of hydrogen-bond acceptors (Lipinski definition) is 5. The van der Waals surface area contributed by atoms with E-state index in [4.69, 9.17) is 14.2 Å². The fourth-order valence-electron chi connectivity index (χ4n) is 6.28. The van der Waals surface area contributed by atoms with Gasteiger partial charge in [-0.2, -0.15) is 0 Å². The number of aryl methyl sites for hydroxylation is 1.